The van der Waals surface area contributed by atoms with Crippen LogP contribution in [0.5, 0.6) is 0 Å². The van der Waals surface area contributed by atoms with Crippen molar-refractivity contribution in [2.45, 2.75) is 18.9 Å². The fourth-order valence-corrected chi connectivity index (χ4v) is 3.78. The van der Waals surface area contributed by atoms with Crippen LogP contribution in [-0.2, 0) is 14.3 Å². The number of amides is 3. The number of nitrogens with zero attached hydrogens (tertiary/aromatic N) is 1. The molecule has 0 bridgehead atoms. The molecule has 2 aromatic rings. The Hall–Kier alpha value is -2.87. The average molecular weight is 373 g/mol. The van der Waals surface area contributed by atoms with Gasteiger partial charge in [0.05, 0.1) is 13.2 Å². The molecule has 7 nitrogen and oxygen atoms in total. The van der Waals surface area contributed by atoms with Gasteiger partial charge in [-0.05, 0) is 48.6 Å². The lowest BCUT2D eigenvalue weighted by molar-refractivity contribution is -0.143. The summed E-state index contributed by atoms with van der Waals surface area (Å²) in [4.78, 5) is 38.8. The number of carbonyl (C=O) groups excluding carboxylic acids is 3. The number of likely N-dealkylation sites (tertiary alicyclic amines) is 1. The van der Waals surface area contributed by atoms with Gasteiger partial charge in [-0.15, -0.1) is 11.3 Å². The minimum Gasteiger partial charge on any atom is -0.453 e. The summed E-state index contributed by atoms with van der Waals surface area (Å²) >= 11 is 1.59. The highest BCUT2D eigenvalue weighted by Crippen LogP contribution is 2.34. The van der Waals surface area contributed by atoms with Gasteiger partial charge in [0.15, 0.2) is 0 Å². The van der Waals surface area contributed by atoms with Gasteiger partial charge in [0, 0.05) is 22.8 Å². The highest BCUT2D eigenvalue weighted by atomic mass is 32.1. The second kappa shape index (κ2) is 8.01. The van der Waals surface area contributed by atoms with E-state index in [-0.39, 0.29) is 6.04 Å². The molecule has 2 N–H and O–H groups in total. The third-order valence-electron chi connectivity index (χ3n) is 4.15. The summed E-state index contributed by atoms with van der Waals surface area (Å²) in [7, 11) is 1.28. The highest BCUT2D eigenvalue weighted by Gasteiger charge is 2.33. The maximum absolute atomic E-state index is 12.6. The smallest absolute Gasteiger partial charge is 0.411 e. The van der Waals surface area contributed by atoms with Crippen LogP contribution in [-0.4, -0.2) is 36.5 Å². The molecule has 0 aliphatic carbocycles. The first-order chi connectivity index (χ1) is 12.6. The highest BCUT2D eigenvalue weighted by molar-refractivity contribution is 7.10. The zero-order valence-corrected chi connectivity index (χ0v) is 15.0. The van der Waals surface area contributed by atoms with Crippen LogP contribution < -0.4 is 10.6 Å². The molecule has 3 amide bonds. The molecule has 1 saturated heterocycles. The topological polar surface area (TPSA) is 87.7 Å². The predicted molar refractivity (Wildman–Crippen MR) is 99.1 cm³/mol. The Morgan fingerprint density at radius 1 is 1.12 bits per heavy atom. The number of hydrogen-bond acceptors (Lipinski definition) is 5. The van der Waals surface area contributed by atoms with E-state index in [4.69, 9.17) is 0 Å². The lowest BCUT2D eigenvalue weighted by atomic mass is 10.2. The van der Waals surface area contributed by atoms with Crippen LogP contribution in [0.2, 0.25) is 0 Å². The van der Waals surface area contributed by atoms with E-state index in [1.54, 1.807) is 40.5 Å². The summed E-state index contributed by atoms with van der Waals surface area (Å²) in [6, 6.07) is 10.4. The van der Waals surface area contributed by atoms with Crippen LogP contribution in [0, 0.1) is 0 Å². The molecular formula is C18H19N3O4S. The van der Waals surface area contributed by atoms with E-state index in [1.165, 1.54) is 7.11 Å². The lowest BCUT2D eigenvalue weighted by Gasteiger charge is -2.23. The minimum atomic E-state index is -0.665. The van der Waals surface area contributed by atoms with Crippen molar-refractivity contribution in [3.63, 3.8) is 0 Å². The number of methoxy groups -OCH3 is 1. The van der Waals surface area contributed by atoms with E-state index < -0.39 is 17.9 Å². The summed E-state index contributed by atoms with van der Waals surface area (Å²) in [5.41, 5.74) is 1.00. The second-order valence-electron chi connectivity index (χ2n) is 5.82. The SMILES string of the molecule is COC(=O)Nc1ccc(NC(=O)C(=O)N2CCC[C@@H]2c2cccs2)cc1. The van der Waals surface area contributed by atoms with Crippen LogP contribution in [0.15, 0.2) is 41.8 Å². The van der Waals surface area contributed by atoms with E-state index >= 15 is 0 Å². The molecule has 2 heterocycles. The lowest BCUT2D eigenvalue weighted by Crippen LogP contribution is -2.39. The van der Waals surface area contributed by atoms with Crippen molar-refractivity contribution >= 4 is 40.6 Å². The molecule has 1 atom stereocenters. The molecule has 1 aliphatic heterocycles. The van der Waals surface area contributed by atoms with E-state index in [9.17, 15) is 14.4 Å². The minimum absolute atomic E-state index is 0.0279. The molecule has 0 radical (unpaired) electrons. The first-order valence-electron chi connectivity index (χ1n) is 8.19. The maximum Gasteiger partial charge on any atom is 0.411 e. The van der Waals surface area contributed by atoms with Gasteiger partial charge in [-0.1, -0.05) is 6.07 Å². The zero-order valence-electron chi connectivity index (χ0n) is 14.2. The van der Waals surface area contributed by atoms with Crippen molar-refractivity contribution in [3.05, 3.63) is 46.7 Å². The normalized spacial score (nSPS) is 16.2. The summed E-state index contributed by atoms with van der Waals surface area (Å²) in [6.07, 6.45) is 1.17. The van der Waals surface area contributed by atoms with Gasteiger partial charge in [0.2, 0.25) is 0 Å². The monoisotopic (exact) mass is 373 g/mol. The van der Waals surface area contributed by atoms with Gasteiger partial charge in [0.25, 0.3) is 0 Å². The van der Waals surface area contributed by atoms with Gasteiger partial charge in [-0.25, -0.2) is 4.79 Å². The number of thiophene rings is 1. The molecule has 1 aliphatic rings. The standard InChI is InChI=1S/C18H19N3O4S/c1-25-18(24)20-13-8-6-12(7-9-13)19-16(22)17(23)21-10-2-4-14(21)15-5-3-11-26-15/h3,5-9,11,14H,2,4,10H2,1H3,(H,19,22)(H,20,24)/t14-/m1/s1. The molecule has 0 spiro atoms. The predicted octanol–water partition coefficient (Wildman–Crippen LogP) is 3.23. The maximum atomic E-state index is 12.6. The molecule has 8 heteroatoms. The number of nitrogens with one attached hydrogen (secondary N) is 2. The molecular weight excluding hydrogens is 354 g/mol. The van der Waals surface area contributed by atoms with Crippen LogP contribution in [0.4, 0.5) is 16.2 Å². The van der Waals surface area contributed by atoms with Gasteiger partial charge in [0.1, 0.15) is 0 Å². The molecule has 1 fully saturated rings. The van der Waals surface area contributed by atoms with E-state index in [1.807, 2.05) is 17.5 Å². The van der Waals surface area contributed by atoms with E-state index in [2.05, 4.69) is 15.4 Å². The molecule has 1 aromatic carbocycles. The van der Waals surface area contributed by atoms with Crippen molar-refractivity contribution in [2.24, 2.45) is 0 Å². The Labute approximate surface area is 155 Å². The summed E-state index contributed by atoms with van der Waals surface area (Å²) < 4.78 is 4.51. The third kappa shape index (κ3) is 4.02. The van der Waals surface area contributed by atoms with Gasteiger partial charge in [-0.2, -0.15) is 0 Å². The van der Waals surface area contributed by atoms with Crippen LogP contribution in [0.3, 0.4) is 0 Å². The van der Waals surface area contributed by atoms with Crippen LogP contribution in [0.25, 0.3) is 0 Å². The zero-order chi connectivity index (χ0) is 18.5. The Kier molecular flexibility index (Phi) is 5.52. The molecule has 1 aromatic heterocycles. The van der Waals surface area contributed by atoms with E-state index in [0.717, 1.165) is 17.7 Å². The Balaban J connectivity index is 1.62. The molecule has 26 heavy (non-hydrogen) atoms. The Morgan fingerprint density at radius 3 is 2.42 bits per heavy atom. The number of ether oxygens (including phenoxy) is 1. The fraction of sp³-hybridized carbons (Fsp3) is 0.278. The van der Waals surface area contributed by atoms with E-state index in [0.29, 0.717) is 17.9 Å². The quantitative estimate of drug-likeness (QED) is 0.809. The van der Waals surface area contributed by atoms with Crippen molar-refractivity contribution in [2.75, 3.05) is 24.3 Å². The Morgan fingerprint density at radius 2 is 1.81 bits per heavy atom. The first-order valence-corrected chi connectivity index (χ1v) is 9.07. The third-order valence-corrected chi connectivity index (χ3v) is 5.13. The first kappa shape index (κ1) is 17.9. The summed E-state index contributed by atoms with van der Waals surface area (Å²) in [5.74, 6) is -1.19. The summed E-state index contributed by atoms with van der Waals surface area (Å²) in [5, 5.41) is 7.09. The number of benzene rings is 1. The molecule has 3 rings (SSSR count). The summed E-state index contributed by atoms with van der Waals surface area (Å²) in [6.45, 7) is 0.580. The number of hydrogen-bond donors (Lipinski definition) is 2. The van der Waals surface area contributed by atoms with Crippen molar-refractivity contribution < 1.29 is 19.1 Å². The molecule has 136 valence electrons. The Bertz CT molecular complexity index is 789. The van der Waals surface area contributed by atoms with Crippen LogP contribution >= 0.6 is 11.3 Å². The number of rotatable bonds is 3. The fourth-order valence-electron chi connectivity index (χ4n) is 2.91. The van der Waals surface area contributed by atoms with Crippen molar-refractivity contribution in [3.8, 4) is 0 Å². The second-order valence-corrected chi connectivity index (χ2v) is 6.80. The number of anilines is 2. The van der Waals surface area contributed by atoms with Crippen molar-refractivity contribution in [1.82, 2.24) is 4.90 Å². The molecule has 0 saturated carbocycles. The van der Waals surface area contributed by atoms with Crippen molar-refractivity contribution in [1.29, 1.82) is 0 Å². The average Bonchev–Trinajstić information content (AvgIpc) is 3.33. The van der Waals surface area contributed by atoms with Gasteiger partial charge < -0.3 is 15.0 Å². The van der Waals surface area contributed by atoms with Gasteiger partial charge in [-0.3, -0.25) is 14.9 Å². The largest absolute Gasteiger partial charge is 0.453 e. The number of carbonyl (C=O) groups is 3. The van der Waals surface area contributed by atoms with Gasteiger partial charge >= 0.3 is 17.9 Å². The van der Waals surface area contributed by atoms with Crippen LogP contribution in [0.1, 0.15) is 23.8 Å². The molecule has 0 unspecified atom stereocenters.